The van der Waals surface area contributed by atoms with Crippen LogP contribution in [0, 0.1) is 6.92 Å². The van der Waals surface area contributed by atoms with Crippen molar-refractivity contribution >= 4 is 27.5 Å². The Labute approximate surface area is 185 Å². The number of nitrogens with zero attached hydrogens (tertiary/aromatic N) is 5. The number of rotatable bonds is 3. The average Bonchev–Trinajstić information content (AvgIpc) is 3.41. The minimum Gasteiger partial charge on any atom is -0.399 e. The van der Waals surface area contributed by atoms with Crippen LogP contribution in [0.3, 0.4) is 0 Å². The molecule has 1 aliphatic rings. The van der Waals surface area contributed by atoms with Crippen LogP contribution in [0.4, 0.5) is 5.69 Å². The van der Waals surface area contributed by atoms with Gasteiger partial charge in [-0.1, -0.05) is 18.2 Å². The number of hydrogen-bond donors (Lipinski definition) is 2. The lowest BCUT2D eigenvalue weighted by molar-refractivity contribution is 0.463. The maximum absolute atomic E-state index is 5.94. The fourth-order valence-electron chi connectivity index (χ4n) is 4.80. The van der Waals surface area contributed by atoms with Crippen molar-refractivity contribution in [2.24, 2.45) is 0 Å². The molecule has 0 bridgehead atoms. The van der Waals surface area contributed by atoms with Crippen molar-refractivity contribution in [2.45, 2.75) is 25.7 Å². The molecule has 3 aromatic heterocycles. The Morgan fingerprint density at radius 3 is 2.84 bits per heavy atom. The molecule has 3 N–H and O–H groups in total. The molecule has 7 nitrogen and oxygen atoms in total. The van der Waals surface area contributed by atoms with Gasteiger partial charge in [-0.2, -0.15) is 10.1 Å². The summed E-state index contributed by atoms with van der Waals surface area (Å²) in [4.78, 5) is 9.72. The van der Waals surface area contributed by atoms with E-state index in [-0.39, 0.29) is 0 Å². The molecule has 2 aromatic carbocycles. The van der Waals surface area contributed by atoms with Crippen LogP contribution in [0.15, 0.2) is 60.9 Å². The number of hydrogen-bond acceptors (Lipinski definition) is 5. The van der Waals surface area contributed by atoms with Gasteiger partial charge in [-0.3, -0.25) is 4.57 Å². The number of nitrogens with two attached hydrogens (primary N) is 1. The van der Waals surface area contributed by atoms with Gasteiger partial charge in [0.25, 0.3) is 0 Å². The second-order valence-electron chi connectivity index (χ2n) is 8.56. The zero-order valence-electron chi connectivity index (χ0n) is 18.0. The van der Waals surface area contributed by atoms with Crippen LogP contribution in [-0.2, 0) is 0 Å². The summed E-state index contributed by atoms with van der Waals surface area (Å²) in [6, 6.07) is 16.3. The fourth-order valence-corrected chi connectivity index (χ4v) is 4.80. The number of aromatic nitrogens is 5. The second kappa shape index (κ2) is 7.46. The highest BCUT2D eigenvalue weighted by molar-refractivity contribution is 5.86. The number of benzene rings is 2. The summed E-state index contributed by atoms with van der Waals surface area (Å²) in [5, 5.41) is 10.4. The van der Waals surface area contributed by atoms with Crippen molar-refractivity contribution in [3.05, 3.63) is 72.2 Å². The van der Waals surface area contributed by atoms with Crippen molar-refractivity contribution in [1.29, 1.82) is 0 Å². The molecule has 0 amide bonds. The lowest BCUT2D eigenvalue weighted by atomic mass is 9.91. The summed E-state index contributed by atoms with van der Waals surface area (Å²) in [5.74, 6) is 1.90. The van der Waals surface area contributed by atoms with Gasteiger partial charge in [0.1, 0.15) is 0 Å². The van der Waals surface area contributed by atoms with E-state index in [1.54, 1.807) is 0 Å². The molecule has 6 rings (SSSR count). The Balaban J connectivity index is 1.51. The van der Waals surface area contributed by atoms with E-state index in [0.717, 1.165) is 46.7 Å². The smallest absolute Gasteiger partial charge is 0.236 e. The molecule has 1 saturated heterocycles. The monoisotopic (exact) mass is 423 g/mol. The summed E-state index contributed by atoms with van der Waals surface area (Å²) in [7, 11) is 0. The normalized spacial score (nSPS) is 16.7. The first-order chi connectivity index (χ1) is 15.7. The van der Waals surface area contributed by atoms with Gasteiger partial charge in [-0.25, -0.2) is 9.67 Å². The molecule has 0 radical (unpaired) electrons. The van der Waals surface area contributed by atoms with Gasteiger partial charge in [-0.15, -0.1) is 0 Å². The zero-order valence-corrected chi connectivity index (χ0v) is 18.0. The first-order valence-electron chi connectivity index (χ1n) is 11.1. The highest BCUT2D eigenvalue weighted by Crippen LogP contribution is 2.33. The predicted molar refractivity (Wildman–Crippen MR) is 127 cm³/mol. The van der Waals surface area contributed by atoms with Crippen molar-refractivity contribution in [2.75, 3.05) is 18.8 Å². The van der Waals surface area contributed by atoms with Gasteiger partial charge in [-0.05, 0) is 62.1 Å². The van der Waals surface area contributed by atoms with Gasteiger partial charge in [0.2, 0.25) is 5.95 Å². The topological polar surface area (TPSA) is 86.6 Å². The van der Waals surface area contributed by atoms with Crippen LogP contribution in [-0.4, -0.2) is 37.4 Å². The average molecular weight is 424 g/mol. The zero-order chi connectivity index (χ0) is 21.7. The third-order valence-corrected chi connectivity index (χ3v) is 6.33. The summed E-state index contributed by atoms with van der Waals surface area (Å²) in [6.07, 6.45) is 6.44. The van der Waals surface area contributed by atoms with Gasteiger partial charge in [0, 0.05) is 41.0 Å². The maximum atomic E-state index is 5.94. The molecule has 0 aliphatic carbocycles. The molecule has 5 aromatic rings. The summed E-state index contributed by atoms with van der Waals surface area (Å²) in [6.45, 7) is 4.11. The number of fused-ring (bicyclic) bond motifs is 2. The SMILES string of the molecule is Cc1cc(-n2ncc3cc(N)ccc32)nc(-n2cc(C3CCCNC3)c3ccccc32)n1. The number of aryl methyl sites for hydroxylation is 1. The summed E-state index contributed by atoms with van der Waals surface area (Å²) in [5.41, 5.74) is 11.0. The van der Waals surface area contributed by atoms with E-state index >= 15 is 0 Å². The van der Waals surface area contributed by atoms with Gasteiger partial charge < -0.3 is 11.1 Å². The molecule has 7 heteroatoms. The van der Waals surface area contributed by atoms with Crippen molar-refractivity contribution in [3.63, 3.8) is 0 Å². The Morgan fingerprint density at radius 2 is 1.97 bits per heavy atom. The van der Waals surface area contributed by atoms with Crippen LogP contribution in [0.2, 0.25) is 0 Å². The van der Waals surface area contributed by atoms with Gasteiger partial charge in [0.15, 0.2) is 5.82 Å². The molecule has 0 saturated carbocycles. The molecule has 160 valence electrons. The third kappa shape index (κ3) is 3.13. The highest BCUT2D eigenvalue weighted by Gasteiger charge is 2.21. The highest BCUT2D eigenvalue weighted by atomic mass is 15.3. The molecular weight excluding hydrogens is 398 g/mol. The van der Waals surface area contributed by atoms with E-state index in [1.165, 1.54) is 23.8 Å². The van der Waals surface area contributed by atoms with Gasteiger partial charge >= 0.3 is 0 Å². The van der Waals surface area contributed by atoms with Crippen molar-refractivity contribution in [3.8, 4) is 11.8 Å². The maximum Gasteiger partial charge on any atom is 0.236 e. The van der Waals surface area contributed by atoms with E-state index in [2.05, 4.69) is 45.4 Å². The number of nitrogen functional groups attached to an aromatic ring is 1. The number of piperidine rings is 1. The van der Waals surface area contributed by atoms with E-state index < -0.39 is 0 Å². The molecule has 32 heavy (non-hydrogen) atoms. The first-order valence-corrected chi connectivity index (χ1v) is 11.1. The van der Waals surface area contributed by atoms with Gasteiger partial charge in [0.05, 0.1) is 17.2 Å². The molecule has 1 fully saturated rings. The van der Waals surface area contributed by atoms with Crippen LogP contribution in [0.5, 0.6) is 0 Å². The molecule has 1 unspecified atom stereocenters. The number of para-hydroxylation sites is 1. The molecule has 0 spiro atoms. The van der Waals surface area contributed by atoms with Crippen molar-refractivity contribution in [1.82, 2.24) is 29.6 Å². The fraction of sp³-hybridized carbons (Fsp3) is 0.240. The Bertz CT molecular complexity index is 1440. The largest absolute Gasteiger partial charge is 0.399 e. The lowest BCUT2D eigenvalue weighted by Gasteiger charge is -2.22. The Morgan fingerprint density at radius 1 is 1.06 bits per heavy atom. The van der Waals surface area contributed by atoms with Crippen LogP contribution < -0.4 is 11.1 Å². The van der Waals surface area contributed by atoms with E-state index in [9.17, 15) is 0 Å². The summed E-state index contributed by atoms with van der Waals surface area (Å²) >= 11 is 0. The lowest BCUT2D eigenvalue weighted by Crippen LogP contribution is -2.28. The first kappa shape index (κ1) is 19.0. The van der Waals surface area contributed by atoms with E-state index in [4.69, 9.17) is 15.7 Å². The standard InChI is InChI=1S/C25H25N7/c1-16-11-24(32-22-9-8-19(26)12-18(22)14-28-32)30-25(29-16)31-15-21(17-5-4-10-27-13-17)20-6-2-3-7-23(20)31/h2-3,6-9,11-12,14-15,17,27H,4-5,10,13,26H2,1H3. The number of nitrogens with one attached hydrogen (secondary N) is 1. The molecule has 4 heterocycles. The number of anilines is 1. The van der Waals surface area contributed by atoms with E-state index in [0.29, 0.717) is 11.9 Å². The minimum atomic E-state index is 0.500. The minimum absolute atomic E-state index is 0.500. The van der Waals surface area contributed by atoms with Crippen molar-refractivity contribution < 1.29 is 0 Å². The Kier molecular flexibility index (Phi) is 4.43. The predicted octanol–water partition coefficient (Wildman–Crippen LogP) is 4.12. The quantitative estimate of drug-likeness (QED) is 0.426. The summed E-state index contributed by atoms with van der Waals surface area (Å²) < 4.78 is 3.98. The molecule has 1 atom stereocenters. The van der Waals surface area contributed by atoms with Crippen LogP contribution >= 0.6 is 0 Å². The van der Waals surface area contributed by atoms with Crippen LogP contribution in [0.1, 0.15) is 30.0 Å². The van der Waals surface area contributed by atoms with E-state index in [1.807, 2.05) is 42.1 Å². The Hall–Kier alpha value is -3.71. The van der Waals surface area contributed by atoms with Crippen LogP contribution in [0.25, 0.3) is 33.6 Å². The second-order valence-corrected chi connectivity index (χ2v) is 8.56. The molecular formula is C25H25N7. The molecule has 1 aliphatic heterocycles. The third-order valence-electron chi connectivity index (χ3n) is 6.33.